The van der Waals surface area contributed by atoms with Crippen LogP contribution in [0.4, 0.5) is 14.5 Å². The van der Waals surface area contributed by atoms with E-state index < -0.39 is 17.2 Å². The van der Waals surface area contributed by atoms with Gasteiger partial charge in [-0.2, -0.15) is 15.4 Å². The highest BCUT2D eigenvalue weighted by Crippen LogP contribution is 2.37. The van der Waals surface area contributed by atoms with E-state index in [2.05, 4.69) is 20.4 Å². The van der Waals surface area contributed by atoms with E-state index in [-0.39, 0.29) is 12.1 Å². The van der Waals surface area contributed by atoms with Crippen molar-refractivity contribution in [1.82, 2.24) is 20.4 Å². The summed E-state index contributed by atoms with van der Waals surface area (Å²) < 4.78 is 27.6. The maximum atomic E-state index is 14.1. The molecule has 0 radical (unpaired) electrons. The molecule has 0 spiro atoms. The Morgan fingerprint density at radius 3 is 2.92 bits per heavy atom. The molecule has 0 aliphatic carbocycles. The first-order valence-corrected chi connectivity index (χ1v) is 7.57. The number of hydrogen-bond acceptors (Lipinski definition) is 5. The van der Waals surface area contributed by atoms with Gasteiger partial charge in [-0.05, 0) is 25.1 Å². The number of halogens is 2. The Bertz CT molecular complexity index is 914. The molecule has 2 aromatic heterocycles. The van der Waals surface area contributed by atoms with E-state index in [1.165, 1.54) is 12.3 Å². The molecule has 1 aliphatic rings. The number of nitrogens with zero attached hydrogens (tertiary/aromatic N) is 4. The Balaban J connectivity index is 1.79. The van der Waals surface area contributed by atoms with E-state index in [9.17, 15) is 13.9 Å². The number of rotatable bonds is 2. The number of nitrogens with one attached hydrogen (secondary N) is 1. The topological polar surface area (TPSA) is 77.9 Å². The Hall–Kier alpha value is -2.61. The zero-order valence-corrected chi connectivity index (χ0v) is 12.9. The standard InChI is InChI=1S/C16H15F2N5O/c1-9-6-12(10-2-3-11(17)14(18)15(10)20-9)23-5-4-16(24,8-23)13-7-19-22-21-13/h2-3,6-7,24H,4-5,8H2,1H3,(H,19,21,22). The molecule has 1 unspecified atom stereocenters. The fourth-order valence-corrected chi connectivity index (χ4v) is 3.24. The van der Waals surface area contributed by atoms with Crippen LogP contribution in [0.15, 0.2) is 24.4 Å². The summed E-state index contributed by atoms with van der Waals surface area (Å²) in [5.74, 6) is -1.88. The molecule has 1 atom stereocenters. The number of aromatic nitrogens is 4. The normalized spacial score (nSPS) is 20.9. The first kappa shape index (κ1) is 14.9. The van der Waals surface area contributed by atoms with E-state index in [0.717, 1.165) is 11.8 Å². The zero-order chi connectivity index (χ0) is 16.9. The maximum absolute atomic E-state index is 14.1. The number of aromatic amines is 1. The molecular formula is C16H15F2N5O. The number of hydrogen-bond donors (Lipinski definition) is 2. The average Bonchev–Trinajstić information content (AvgIpc) is 3.21. The molecule has 0 amide bonds. The lowest BCUT2D eigenvalue weighted by atomic mass is 10.00. The van der Waals surface area contributed by atoms with Crippen molar-refractivity contribution in [3.05, 3.63) is 47.4 Å². The summed E-state index contributed by atoms with van der Waals surface area (Å²) in [7, 11) is 0. The van der Waals surface area contributed by atoms with Crippen LogP contribution in [0, 0.1) is 18.6 Å². The molecule has 6 nitrogen and oxygen atoms in total. The van der Waals surface area contributed by atoms with Gasteiger partial charge in [-0.3, -0.25) is 0 Å². The summed E-state index contributed by atoms with van der Waals surface area (Å²) in [6.45, 7) is 2.57. The van der Waals surface area contributed by atoms with Gasteiger partial charge in [0, 0.05) is 29.7 Å². The molecule has 1 fully saturated rings. The minimum atomic E-state index is -1.13. The lowest BCUT2D eigenvalue weighted by Crippen LogP contribution is -2.31. The van der Waals surface area contributed by atoms with Gasteiger partial charge in [0.1, 0.15) is 16.8 Å². The van der Waals surface area contributed by atoms with Crippen LogP contribution in [0.2, 0.25) is 0 Å². The highest BCUT2D eigenvalue weighted by atomic mass is 19.2. The lowest BCUT2D eigenvalue weighted by Gasteiger charge is -2.24. The average molecular weight is 331 g/mol. The smallest absolute Gasteiger partial charge is 0.185 e. The van der Waals surface area contributed by atoms with Gasteiger partial charge in [0.05, 0.1) is 12.7 Å². The summed E-state index contributed by atoms with van der Waals surface area (Å²) in [6, 6.07) is 4.43. The minimum Gasteiger partial charge on any atom is -0.381 e. The molecule has 0 bridgehead atoms. The van der Waals surface area contributed by atoms with Crippen LogP contribution >= 0.6 is 0 Å². The first-order chi connectivity index (χ1) is 11.5. The molecule has 2 N–H and O–H groups in total. The molecule has 3 heterocycles. The minimum absolute atomic E-state index is 0.00174. The van der Waals surface area contributed by atoms with Crippen molar-refractivity contribution in [2.24, 2.45) is 0 Å². The van der Waals surface area contributed by atoms with Crippen molar-refractivity contribution in [1.29, 1.82) is 0 Å². The molecule has 1 aliphatic heterocycles. The van der Waals surface area contributed by atoms with Gasteiger partial charge >= 0.3 is 0 Å². The van der Waals surface area contributed by atoms with Gasteiger partial charge in [0.25, 0.3) is 0 Å². The molecule has 4 rings (SSSR count). The van der Waals surface area contributed by atoms with Gasteiger partial charge in [-0.15, -0.1) is 0 Å². The molecule has 3 aromatic rings. The van der Waals surface area contributed by atoms with Crippen molar-refractivity contribution in [3.63, 3.8) is 0 Å². The van der Waals surface area contributed by atoms with Crippen molar-refractivity contribution in [3.8, 4) is 0 Å². The van der Waals surface area contributed by atoms with Crippen molar-refractivity contribution >= 4 is 16.6 Å². The largest absolute Gasteiger partial charge is 0.381 e. The Morgan fingerprint density at radius 1 is 1.33 bits per heavy atom. The summed E-state index contributed by atoms with van der Waals surface area (Å²) >= 11 is 0. The number of aliphatic hydroxyl groups is 1. The molecule has 24 heavy (non-hydrogen) atoms. The number of benzene rings is 1. The van der Waals surface area contributed by atoms with Crippen LogP contribution in [0.3, 0.4) is 0 Å². The van der Waals surface area contributed by atoms with E-state index in [1.54, 1.807) is 6.92 Å². The molecule has 1 saturated heterocycles. The van der Waals surface area contributed by atoms with Crippen LogP contribution < -0.4 is 4.90 Å². The molecule has 1 aromatic carbocycles. The van der Waals surface area contributed by atoms with Gasteiger partial charge in [0.15, 0.2) is 11.6 Å². The molecule has 8 heteroatoms. The zero-order valence-electron chi connectivity index (χ0n) is 12.9. The van der Waals surface area contributed by atoms with Crippen LogP contribution in [-0.4, -0.2) is 38.6 Å². The number of anilines is 1. The third-order valence-electron chi connectivity index (χ3n) is 4.46. The van der Waals surface area contributed by atoms with Gasteiger partial charge < -0.3 is 10.0 Å². The van der Waals surface area contributed by atoms with E-state index in [4.69, 9.17) is 0 Å². The summed E-state index contributed by atoms with van der Waals surface area (Å²) in [6.07, 6.45) is 1.96. The first-order valence-electron chi connectivity index (χ1n) is 7.57. The monoisotopic (exact) mass is 331 g/mol. The van der Waals surface area contributed by atoms with Crippen molar-refractivity contribution < 1.29 is 13.9 Å². The second-order valence-corrected chi connectivity index (χ2v) is 6.10. The van der Waals surface area contributed by atoms with Crippen LogP contribution in [-0.2, 0) is 5.60 Å². The van der Waals surface area contributed by atoms with Gasteiger partial charge in [-0.25, -0.2) is 13.8 Å². The van der Waals surface area contributed by atoms with Crippen molar-refractivity contribution in [2.45, 2.75) is 18.9 Å². The summed E-state index contributed by atoms with van der Waals surface area (Å²) in [5, 5.41) is 21.5. The fourth-order valence-electron chi connectivity index (χ4n) is 3.24. The van der Waals surface area contributed by atoms with Crippen molar-refractivity contribution in [2.75, 3.05) is 18.0 Å². The Kier molecular flexibility index (Phi) is 3.24. The van der Waals surface area contributed by atoms with Crippen LogP contribution in [0.1, 0.15) is 17.8 Å². The van der Waals surface area contributed by atoms with Gasteiger partial charge in [-0.1, -0.05) is 0 Å². The second kappa shape index (κ2) is 5.20. The number of fused-ring (bicyclic) bond motifs is 1. The number of pyridine rings is 1. The number of H-pyrrole nitrogens is 1. The highest BCUT2D eigenvalue weighted by Gasteiger charge is 2.40. The highest BCUT2D eigenvalue weighted by molar-refractivity contribution is 5.92. The van der Waals surface area contributed by atoms with E-state index >= 15 is 0 Å². The summed E-state index contributed by atoms with van der Waals surface area (Å²) in [5.41, 5.74) is 0.642. The molecule has 124 valence electrons. The number of β-amino-alcohol motifs (C(OH)–C–C–N with tert-alkyl or cyclic N) is 1. The summed E-state index contributed by atoms with van der Waals surface area (Å²) in [4.78, 5) is 6.06. The van der Waals surface area contributed by atoms with E-state index in [0.29, 0.717) is 29.7 Å². The quantitative estimate of drug-likeness (QED) is 0.751. The van der Waals surface area contributed by atoms with Crippen LogP contribution in [0.5, 0.6) is 0 Å². The number of aryl methyl sites for hydroxylation is 1. The van der Waals surface area contributed by atoms with Crippen LogP contribution in [0.25, 0.3) is 10.9 Å². The maximum Gasteiger partial charge on any atom is 0.185 e. The Labute approximate surface area is 136 Å². The molecular weight excluding hydrogens is 316 g/mol. The Morgan fingerprint density at radius 2 is 2.17 bits per heavy atom. The second-order valence-electron chi connectivity index (χ2n) is 6.10. The molecule has 0 saturated carbocycles. The third-order valence-corrected chi connectivity index (χ3v) is 4.46. The predicted molar refractivity (Wildman–Crippen MR) is 83.5 cm³/mol. The SMILES string of the molecule is Cc1cc(N2CCC(O)(c3cn[nH]n3)C2)c2ccc(F)c(F)c2n1. The van der Waals surface area contributed by atoms with E-state index in [1.807, 2.05) is 11.0 Å². The van der Waals surface area contributed by atoms with Gasteiger partial charge in [0.2, 0.25) is 0 Å². The predicted octanol–water partition coefficient (Wildman–Crippen LogP) is 2.04. The fraction of sp³-hybridized carbons (Fsp3) is 0.312. The lowest BCUT2D eigenvalue weighted by molar-refractivity contribution is 0.0560. The third kappa shape index (κ3) is 2.22.